The molecule has 4 heteroatoms. The molecule has 1 N–H and O–H groups in total. The number of hydrogen-bond donors (Lipinski definition) is 1. The van der Waals surface area contributed by atoms with Crippen LogP contribution >= 0.6 is 11.6 Å². The van der Waals surface area contributed by atoms with Crippen molar-refractivity contribution in [3.63, 3.8) is 0 Å². The topological polar surface area (TPSA) is 42.1 Å². The van der Waals surface area contributed by atoms with Gasteiger partial charge in [-0.25, -0.2) is 0 Å². The molecule has 0 spiro atoms. The molecule has 0 aliphatic heterocycles. The molecule has 0 fully saturated rings. The van der Waals surface area contributed by atoms with Crippen LogP contribution in [0.5, 0.6) is 5.88 Å². The fourth-order valence-electron chi connectivity index (χ4n) is 0.586. The van der Waals surface area contributed by atoms with Gasteiger partial charge in [0.15, 0.2) is 0 Å². The standard InChI is InChI=1S/C6H6ClNO2/c1-10-6-4(7)2-3-5(9)8-6/h2-3H,1H3,(H,8,9). The molecule has 0 aliphatic rings. The molecule has 0 saturated heterocycles. The van der Waals surface area contributed by atoms with Crippen LogP contribution in [0, 0.1) is 0 Å². The Morgan fingerprint density at radius 3 is 2.80 bits per heavy atom. The van der Waals surface area contributed by atoms with Gasteiger partial charge in [-0.2, -0.15) is 0 Å². The molecule has 54 valence electrons. The van der Waals surface area contributed by atoms with Crippen molar-refractivity contribution in [2.45, 2.75) is 0 Å². The zero-order chi connectivity index (χ0) is 7.56. The van der Waals surface area contributed by atoms with Gasteiger partial charge in [0.25, 0.3) is 5.56 Å². The molecule has 1 aromatic heterocycles. The Morgan fingerprint density at radius 2 is 2.30 bits per heavy atom. The minimum atomic E-state index is -0.221. The second-order valence-electron chi connectivity index (χ2n) is 1.70. The van der Waals surface area contributed by atoms with Crippen molar-refractivity contribution in [3.05, 3.63) is 27.5 Å². The van der Waals surface area contributed by atoms with Gasteiger partial charge < -0.3 is 4.74 Å². The number of methoxy groups -OCH3 is 1. The molecule has 3 nitrogen and oxygen atoms in total. The summed E-state index contributed by atoms with van der Waals surface area (Å²) in [4.78, 5) is 13.0. The number of aromatic amines is 1. The first-order chi connectivity index (χ1) is 4.74. The van der Waals surface area contributed by atoms with E-state index in [2.05, 4.69) is 4.98 Å². The first-order valence-corrected chi connectivity index (χ1v) is 3.04. The number of aromatic nitrogens is 1. The Bertz CT molecular complexity index is 281. The highest BCUT2D eigenvalue weighted by molar-refractivity contribution is 6.31. The molecule has 1 rings (SSSR count). The zero-order valence-corrected chi connectivity index (χ0v) is 6.11. The van der Waals surface area contributed by atoms with Crippen LogP contribution in [0.1, 0.15) is 0 Å². The van der Waals surface area contributed by atoms with Crippen molar-refractivity contribution in [1.82, 2.24) is 4.98 Å². The first-order valence-electron chi connectivity index (χ1n) is 2.67. The normalized spacial score (nSPS) is 9.40. The molecule has 0 aliphatic carbocycles. The predicted octanol–water partition coefficient (Wildman–Crippen LogP) is 1.04. The van der Waals surface area contributed by atoms with Crippen LogP contribution in [0.15, 0.2) is 16.9 Å². The molecule has 0 saturated carbocycles. The molecule has 0 unspecified atom stereocenters. The van der Waals surface area contributed by atoms with Crippen molar-refractivity contribution in [3.8, 4) is 5.88 Å². The van der Waals surface area contributed by atoms with E-state index in [1.165, 1.54) is 19.2 Å². The van der Waals surface area contributed by atoms with Crippen LogP contribution in [-0.4, -0.2) is 12.1 Å². The van der Waals surface area contributed by atoms with Gasteiger partial charge >= 0.3 is 0 Å². The lowest BCUT2D eigenvalue weighted by Crippen LogP contribution is -2.04. The average molecular weight is 160 g/mol. The Kier molecular flexibility index (Phi) is 1.97. The molecule has 1 heterocycles. The Labute approximate surface area is 62.6 Å². The van der Waals surface area contributed by atoms with E-state index in [1.807, 2.05) is 0 Å². The highest BCUT2D eigenvalue weighted by Crippen LogP contribution is 2.17. The number of hydrogen-bond acceptors (Lipinski definition) is 2. The van der Waals surface area contributed by atoms with Gasteiger partial charge in [-0.1, -0.05) is 11.6 Å². The quantitative estimate of drug-likeness (QED) is 0.665. The lowest BCUT2D eigenvalue weighted by Gasteiger charge is -1.98. The minimum Gasteiger partial charge on any atom is -0.481 e. The fourth-order valence-corrected chi connectivity index (χ4v) is 0.774. The summed E-state index contributed by atoms with van der Waals surface area (Å²) in [5.74, 6) is 0.300. The van der Waals surface area contributed by atoms with Gasteiger partial charge in [0, 0.05) is 6.07 Å². The first kappa shape index (κ1) is 7.15. The predicted molar refractivity (Wildman–Crippen MR) is 38.6 cm³/mol. The summed E-state index contributed by atoms with van der Waals surface area (Å²) < 4.78 is 4.74. The molecule has 0 bridgehead atoms. The number of ether oxygens (including phenoxy) is 1. The lowest BCUT2D eigenvalue weighted by atomic mass is 10.5. The summed E-state index contributed by atoms with van der Waals surface area (Å²) >= 11 is 5.60. The second-order valence-corrected chi connectivity index (χ2v) is 2.11. The highest BCUT2D eigenvalue weighted by atomic mass is 35.5. The second kappa shape index (κ2) is 2.75. The van der Waals surface area contributed by atoms with E-state index < -0.39 is 0 Å². The number of nitrogens with one attached hydrogen (secondary N) is 1. The maximum atomic E-state index is 10.6. The van der Waals surface area contributed by atoms with Crippen molar-refractivity contribution >= 4 is 11.6 Å². The Hall–Kier alpha value is -0.960. The van der Waals surface area contributed by atoms with Gasteiger partial charge in [0.2, 0.25) is 5.88 Å². The Balaban J connectivity index is 3.22. The van der Waals surface area contributed by atoms with E-state index in [1.54, 1.807) is 0 Å². The fraction of sp³-hybridized carbons (Fsp3) is 0.167. The molecule has 1 aromatic rings. The van der Waals surface area contributed by atoms with Gasteiger partial charge in [0.05, 0.1) is 7.11 Å². The van der Waals surface area contributed by atoms with Gasteiger partial charge in [-0.15, -0.1) is 0 Å². The summed E-state index contributed by atoms with van der Waals surface area (Å²) in [5, 5.41) is 0.405. The smallest absolute Gasteiger partial charge is 0.250 e. The maximum absolute atomic E-state index is 10.6. The number of rotatable bonds is 1. The van der Waals surface area contributed by atoms with Crippen LogP contribution in [0.3, 0.4) is 0 Å². The largest absolute Gasteiger partial charge is 0.481 e. The molecular formula is C6H6ClNO2. The molecule has 0 radical (unpaired) electrons. The highest BCUT2D eigenvalue weighted by Gasteiger charge is 1.97. The minimum absolute atomic E-state index is 0.221. The number of halogens is 1. The van der Waals surface area contributed by atoms with Crippen molar-refractivity contribution in [2.24, 2.45) is 0 Å². The van der Waals surface area contributed by atoms with Crippen LogP contribution in [-0.2, 0) is 0 Å². The third kappa shape index (κ3) is 1.30. The zero-order valence-electron chi connectivity index (χ0n) is 5.35. The van der Waals surface area contributed by atoms with Crippen molar-refractivity contribution in [2.75, 3.05) is 7.11 Å². The summed E-state index contributed by atoms with van der Waals surface area (Å²) in [6, 6.07) is 2.82. The monoisotopic (exact) mass is 159 g/mol. The van der Waals surface area contributed by atoms with Gasteiger partial charge in [0.1, 0.15) is 5.02 Å². The van der Waals surface area contributed by atoms with Crippen molar-refractivity contribution in [1.29, 1.82) is 0 Å². The molecule has 0 aromatic carbocycles. The third-order valence-electron chi connectivity index (χ3n) is 1.04. The number of H-pyrrole nitrogens is 1. The Morgan fingerprint density at radius 1 is 1.60 bits per heavy atom. The van der Waals surface area contributed by atoms with Crippen LogP contribution in [0.25, 0.3) is 0 Å². The van der Waals surface area contributed by atoms with Crippen LogP contribution < -0.4 is 10.3 Å². The van der Waals surface area contributed by atoms with Gasteiger partial charge in [-0.05, 0) is 6.07 Å². The third-order valence-corrected chi connectivity index (χ3v) is 1.34. The number of pyridine rings is 1. The van der Waals surface area contributed by atoms with E-state index in [4.69, 9.17) is 16.3 Å². The molecule has 0 atom stereocenters. The van der Waals surface area contributed by atoms with Crippen molar-refractivity contribution < 1.29 is 4.74 Å². The maximum Gasteiger partial charge on any atom is 0.250 e. The van der Waals surface area contributed by atoms with E-state index in [0.717, 1.165) is 0 Å². The van der Waals surface area contributed by atoms with Crippen LogP contribution in [0.4, 0.5) is 0 Å². The van der Waals surface area contributed by atoms with E-state index in [0.29, 0.717) is 10.9 Å². The lowest BCUT2D eigenvalue weighted by molar-refractivity contribution is 0.397. The summed E-state index contributed by atoms with van der Waals surface area (Å²) in [7, 11) is 1.44. The van der Waals surface area contributed by atoms with Crippen LogP contribution in [0.2, 0.25) is 5.02 Å². The van der Waals surface area contributed by atoms with E-state index in [-0.39, 0.29) is 5.56 Å². The molecule has 10 heavy (non-hydrogen) atoms. The summed E-state index contributed by atoms with van der Waals surface area (Å²) in [5.41, 5.74) is -0.221. The summed E-state index contributed by atoms with van der Waals surface area (Å²) in [6.45, 7) is 0. The molecule has 0 amide bonds. The SMILES string of the molecule is COc1[nH]c(=O)ccc1Cl. The van der Waals surface area contributed by atoms with E-state index in [9.17, 15) is 4.79 Å². The van der Waals surface area contributed by atoms with Gasteiger partial charge in [-0.3, -0.25) is 9.78 Å². The summed E-state index contributed by atoms with van der Waals surface area (Å²) in [6.07, 6.45) is 0. The average Bonchev–Trinajstić information content (AvgIpc) is 1.94. The molecular weight excluding hydrogens is 154 g/mol. The van der Waals surface area contributed by atoms with E-state index >= 15 is 0 Å².